The van der Waals surface area contributed by atoms with Crippen LogP contribution in [0, 0.1) is 0 Å². The van der Waals surface area contributed by atoms with E-state index in [1.807, 2.05) is 25.3 Å². The van der Waals surface area contributed by atoms with Gasteiger partial charge in [-0.15, -0.1) is 0 Å². The number of ether oxygens (including phenoxy) is 1. The third-order valence-corrected chi connectivity index (χ3v) is 1.83. The number of methoxy groups -OCH3 is 1. The highest BCUT2D eigenvalue weighted by Crippen LogP contribution is 2.08. The highest BCUT2D eigenvalue weighted by Gasteiger charge is 2.03. The zero-order valence-corrected chi connectivity index (χ0v) is 8.56. The Kier molecular flexibility index (Phi) is 5.14. The molecule has 1 atom stereocenters. The molecule has 1 heterocycles. The fourth-order valence-corrected chi connectivity index (χ4v) is 1.01. The molecule has 0 aliphatic heterocycles. The van der Waals surface area contributed by atoms with Crippen molar-refractivity contribution in [3.05, 3.63) is 30.1 Å². The van der Waals surface area contributed by atoms with Crippen LogP contribution in [0.15, 0.2) is 24.5 Å². The highest BCUT2D eigenvalue weighted by atomic mass is 16.7. The average Bonchev–Trinajstić information content (AvgIpc) is 2.25. The largest absolute Gasteiger partial charge is 0.382 e. The van der Waals surface area contributed by atoms with Crippen molar-refractivity contribution in [1.82, 2.24) is 10.5 Å². The molecule has 0 aliphatic carbocycles. The van der Waals surface area contributed by atoms with Crippen LogP contribution >= 0.6 is 0 Å². The quantitative estimate of drug-likeness (QED) is 0.550. The van der Waals surface area contributed by atoms with Crippen molar-refractivity contribution < 1.29 is 9.57 Å². The van der Waals surface area contributed by atoms with E-state index in [9.17, 15) is 0 Å². The van der Waals surface area contributed by atoms with Crippen LogP contribution in [0.1, 0.15) is 18.5 Å². The van der Waals surface area contributed by atoms with Gasteiger partial charge in [0.25, 0.3) is 0 Å². The van der Waals surface area contributed by atoms with Crippen LogP contribution in [-0.4, -0.2) is 25.3 Å². The molecule has 0 radical (unpaired) electrons. The Bertz CT molecular complexity index is 241. The first-order valence-electron chi connectivity index (χ1n) is 4.60. The van der Waals surface area contributed by atoms with E-state index in [2.05, 4.69) is 10.5 Å². The summed E-state index contributed by atoms with van der Waals surface area (Å²) in [5, 5.41) is 0. The van der Waals surface area contributed by atoms with E-state index in [-0.39, 0.29) is 6.04 Å². The second-order valence-corrected chi connectivity index (χ2v) is 2.97. The monoisotopic (exact) mass is 196 g/mol. The maximum absolute atomic E-state index is 5.19. The molecular weight excluding hydrogens is 180 g/mol. The maximum atomic E-state index is 5.19. The van der Waals surface area contributed by atoms with Gasteiger partial charge in [-0.1, -0.05) is 6.07 Å². The van der Waals surface area contributed by atoms with Gasteiger partial charge >= 0.3 is 0 Å². The molecule has 1 aromatic rings. The lowest BCUT2D eigenvalue weighted by Crippen LogP contribution is -2.21. The summed E-state index contributed by atoms with van der Waals surface area (Å²) in [5.41, 5.74) is 4.02. The maximum Gasteiger partial charge on any atom is 0.0916 e. The Morgan fingerprint density at radius 3 is 3.00 bits per heavy atom. The molecule has 0 spiro atoms. The molecule has 1 rings (SSSR count). The van der Waals surface area contributed by atoms with Gasteiger partial charge in [-0.25, -0.2) is 0 Å². The predicted octanol–water partition coefficient (Wildman–Crippen LogP) is 1.31. The molecule has 14 heavy (non-hydrogen) atoms. The molecule has 0 aliphatic rings. The normalized spacial score (nSPS) is 12.7. The summed E-state index contributed by atoms with van der Waals surface area (Å²) >= 11 is 0. The Morgan fingerprint density at radius 2 is 2.36 bits per heavy atom. The third kappa shape index (κ3) is 3.83. The Labute approximate surface area is 84.2 Å². The van der Waals surface area contributed by atoms with Gasteiger partial charge in [0.2, 0.25) is 0 Å². The van der Waals surface area contributed by atoms with Crippen LogP contribution in [0.25, 0.3) is 0 Å². The molecule has 78 valence electrons. The summed E-state index contributed by atoms with van der Waals surface area (Å²) in [4.78, 5) is 9.22. The van der Waals surface area contributed by atoms with Gasteiger partial charge in [0.05, 0.1) is 19.3 Å². The van der Waals surface area contributed by atoms with Gasteiger partial charge in [-0.2, -0.15) is 5.48 Å². The lowest BCUT2D eigenvalue weighted by atomic mass is 10.2. The molecule has 4 nitrogen and oxygen atoms in total. The zero-order valence-electron chi connectivity index (χ0n) is 8.56. The highest BCUT2D eigenvalue weighted by molar-refractivity contribution is 5.11. The number of nitrogens with one attached hydrogen (secondary N) is 1. The molecule has 0 fully saturated rings. The van der Waals surface area contributed by atoms with Gasteiger partial charge in [-0.05, 0) is 18.6 Å². The fraction of sp³-hybridized carbons (Fsp3) is 0.500. The number of aromatic nitrogens is 1. The Balaban J connectivity index is 2.25. The molecular formula is C10H16N2O2. The number of rotatable bonds is 6. The van der Waals surface area contributed by atoms with Crippen molar-refractivity contribution in [3.8, 4) is 0 Å². The summed E-state index contributed by atoms with van der Waals surface area (Å²) in [5.74, 6) is 0. The minimum Gasteiger partial charge on any atom is -0.382 e. The number of nitrogens with zero attached hydrogens (tertiary/aromatic N) is 1. The van der Waals surface area contributed by atoms with Gasteiger partial charge in [0.15, 0.2) is 0 Å². The predicted molar refractivity (Wildman–Crippen MR) is 53.6 cm³/mol. The summed E-state index contributed by atoms with van der Waals surface area (Å²) in [6.45, 7) is 3.15. The summed E-state index contributed by atoms with van der Waals surface area (Å²) in [6.07, 6.45) is 3.57. The first-order chi connectivity index (χ1) is 6.84. The van der Waals surface area contributed by atoms with E-state index in [0.717, 1.165) is 5.56 Å². The van der Waals surface area contributed by atoms with Crippen LogP contribution in [0.2, 0.25) is 0 Å². The lowest BCUT2D eigenvalue weighted by molar-refractivity contribution is -0.00929. The van der Waals surface area contributed by atoms with Crippen molar-refractivity contribution >= 4 is 0 Å². The van der Waals surface area contributed by atoms with Crippen LogP contribution in [-0.2, 0) is 9.57 Å². The van der Waals surface area contributed by atoms with E-state index in [0.29, 0.717) is 13.2 Å². The van der Waals surface area contributed by atoms with Crippen molar-refractivity contribution in [1.29, 1.82) is 0 Å². The summed E-state index contributed by atoms with van der Waals surface area (Å²) < 4.78 is 4.85. The van der Waals surface area contributed by atoms with Crippen LogP contribution in [0.4, 0.5) is 0 Å². The topological polar surface area (TPSA) is 43.4 Å². The minimum atomic E-state index is 0.139. The third-order valence-electron chi connectivity index (χ3n) is 1.83. The summed E-state index contributed by atoms with van der Waals surface area (Å²) in [6, 6.07) is 4.05. The molecule has 0 saturated heterocycles. The number of hydroxylamine groups is 1. The smallest absolute Gasteiger partial charge is 0.0916 e. The number of pyridine rings is 1. The standard InChI is InChI=1S/C10H16N2O2/c1-9(12-14-7-6-13-2)10-4-3-5-11-8-10/h3-5,8-9,12H,6-7H2,1-2H3. The molecule has 0 aromatic carbocycles. The Morgan fingerprint density at radius 1 is 1.50 bits per heavy atom. The van der Waals surface area contributed by atoms with Crippen molar-refractivity contribution in [2.24, 2.45) is 0 Å². The van der Waals surface area contributed by atoms with Gasteiger partial charge in [0.1, 0.15) is 0 Å². The van der Waals surface area contributed by atoms with Crippen LogP contribution in [0.3, 0.4) is 0 Å². The van der Waals surface area contributed by atoms with Crippen molar-refractivity contribution in [2.75, 3.05) is 20.3 Å². The first kappa shape index (κ1) is 11.1. The fourth-order valence-electron chi connectivity index (χ4n) is 1.01. The van der Waals surface area contributed by atoms with E-state index in [1.165, 1.54) is 0 Å². The molecule has 0 saturated carbocycles. The Hall–Kier alpha value is -0.970. The SMILES string of the molecule is COCCONC(C)c1cccnc1. The van der Waals surface area contributed by atoms with Gasteiger partial charge in [0, 0.05) is 19.5 Å². The van der Waals surface area contributed by atoms with E-state index in [1.54, 1.807) is 13.3 Å². The first-order valence-corrected chi connectivity index (χ1v) is 4.60. The summed E-state index contributed by atoms with van der Waals surface area (Å²) in [7, 11) is 1.65. The second kappa shape index (κ2) is 6.48. The van der Waals surface area contributed by atoms with Crippen LogP contribution in [0.5, 0.6) is 0 Å². The molecule has 0 amide bonds. The van der Waals surface area contributed by atoms with Crippen molar-refractivity contribution in [2.45, 2.75) is 13.0 Å². The van der Waals surface area contributed by atoms with Crippen LogP contribution < -0.4 is 5.48 Å². The second-order valence-electron chi connectivity index (χ2n) is 2.97. The van der Waals surface area contributed by atoms with E-state index < -0.39 is 0 Å². The van der Waals surface area contributed by atoms with Crippen molar-refractivity contribution in [3.63, 3.8) is 0 Å². The molecule has 1 N–H and O–H groups in total. The molecule has 1 aromatic heterocycles. The van der Waals surface area contributed by atoms with Gasteiger partial charge in [-0.3, -0.25) is 9.82 Å². The molecule has 1 unspecified atom stereocenters. The minimum absolute atomic E-state index is 0.139. The average molecular weight is 196 g/mol. The van der Waals surface area contributed by atoms with Gasteiger partial charge < -0.3 is 4.74 Å². The van der Waals surface area contributed by atoms with E-state index in [4.69, 9.17) is 9.57 Å². The lowest BCUT2D eigenvalue weighted by Gasteiger charge is -2.13. The van der Waals surface area contributed by atoms with E-state index >= 15 is 0 Å². The zero-order chi connectivity index (χ0) is 10.2. The molecule has 4 heteroatoms. The number of hydrogen-bond acceptors (Lipinski definition) is 4. The number of hydrogen-bond donors (Lipinski definition) is 1. The molecule has 0 bridgehead atoms.